The van der Waals surface area contributed by atoms with Gasteiger partial charge in [0.2, 0.25) is 0 Å². The Hall–Kier alpha value is -0.120. The number of piperidine rings is 2. The molecule has 0 saturated carbocycles. The third-order valence-electron chi connectivity index (χ3n) is 5.43. The van der Waals surface area contributed by atoms with Gasteiger partial charge in [0, 0.05) is 24.7 Å². The van der Waals surface area contributed by atoms with Crippen LogP contribution in [0.4, 0.5) is 0 Å². The summed E-state index contributed by atoms with van der Waals surface area (Å²) in [5, 5.41) is 4.01. The molecule has 3 aliphatic rings. The van der Waals surface area contributed by atoms with Crippen LogP contribution in [0, 0.1) is 0 Å². The topological polar surface area (TPSA) is 18.5 Å². The Morgan fingerprint density at radius 1 is 0.947 bits per heavy atom. The highest BCUT2D eigenvalue weighted by atomic mass is 15.2. The first-order valence-corrected chi connectivity index (χ1v) is 8.59. The molecule has 0 aromatic heterocycles. The lowest BCUT2D eigenvalue weighted by Gasteiger charge is -2.37. The predicted molar refractivity (Wildman–Crippen MR) is 80.5 cm³/mol. The number of likely N-dealkylation sites (tertiary alicyclic amines) is 1. The molecule has 0 unspecified atom stereocenters. The van der Waals surface area contributed by atoms with E-state index in [1.165, 1.54) is 77.7 Å². The monoisotopic (exact) mass is 265 g/mol. The van der Waals surface area contributed by atoms with Gasteiger partial charge in [0.1, 0.15) is 0 Å². The smallest absolute Gasteiger partial charge is 0.0249 e. The van der Waals surface area contributed by atoms with Gasteiger partial charge in [-0.3, -0.25) is 4.90 Å². The lowest BCUT2D eigenvalue weighted by molar-refractivity contribution is 0.157. The SMILES string of the molecule is CCCN1CCC(N[C@H]2CCN3CCCC[C@H]23)CC1. The molecule has 110 valence electrons. The molecule has 3 aliphatic heterocycles. The zero-order valence-corrected chi connectivity index (χ0v) is 12.6. The quantitative estimate of drug-likeness (QED) is 0.839. The van der Waals surface area contributed by atoms with Crippen LogP contribution < -0.4 is 5.32 Å². The summed E-state index contributed by atoms with van der Waals surface area (Å²) >= 11 is 0. The van der Waals surface area contributed by atoms with E-state index in [1.54, 1.807) is 0 Å². The van der Waals surface area contributed by atoms with Crippen molar-refractivity contribution >= 4 is 0 Å². The van der Waals surface area contributed by atoms with Crippen LogP contribution in [0.3, 0.4) is 0 Å². The molecule has 19 heavy (non-hydrogen) atoms. The number of rotatable bonds is 4. The summed E-state index contributed by atoms with van der Waals surface area (Å²) in [6.07, 6.45) is 9.74. The molecule has 3 rings (SSSR count). The summed E-state index contributed by atoms with van der Waals surface area (Å²) in [7, 11) is 0. The molecule has 0 amide bonds. The minimum atomic E-state index is 0.792. The first kappa shape index (κ1) is 13.8. The number of hydrogen-bond acceptors (Lipinski definition) is 3. The van der Waals surface area contributed by atoms with E-state index in [4.69, 9.17) is 0 Å². The Kier molecular flexibility index (Phi) is 4.78. The Morgan fingerprint density at radius 2 is 1.79 bits per heavy atom. The maximum atomic E-state index is 4.01. The summed E-state index contributed by atoms with van der Waals surface area (Å²) < 4.78 is 0. The summed E-state index contributed by atoms with van der Waals surface area (Å²) in [5.41, 5.74) is 0. The minimum Gasteiger partial charge on any atom is -0.310 e. The molecule has 0 radical (unpaired) electrons. The number of nitrogens with one attached hydrogen (secondary N) is 1. The minimum absolute atomic E-state index is 0.792. The first-order valence-electron chi connectivity index (χ1n) is 8.59. The van der Waals surface area contributed by atoms with Gasteiger partial charge in [-0.1, -0.05) is 13.3 Å². The Labute approximate surface area is 118 Å². The van der Waals surface area contributed by atoms with Crippen LogP contribution in [0.15, 0.2) is 0 Å². The van der Waals surface area contributed by atoms with E-state index in [-0.39, 0.29) is 0 Å². The van der Waals surface area contributed by atoms with Gasteiger partial charge in [0.05, 0.1) is 0 Å². The van der Waals surface area contributed by atoms with E-state index in [1.807, 2.05) is 0 Å². The molecule has 0 spiro atoms. The maximum Gasteiger partial charge on any atom is 0.0249 e. The largest absolute Gasteiger partial charge is 0.310 e. The van der Waals surface area contributed by atoms with Gasteiger partial charge in [0.25, 0.3) is 0 Å². The van der Waals surface area contributed by atoms with Crippen molar-refractivity contribution in [1.82, 2.24) is 15.1 Å². The van der Waals surface area contributed by atoms with Crippen LogP contribution in [0.1, 0.15) is 51.9 Å². The van der Waals surface area contributed by atoms with Gasteiger partial charge >= 0.3 is 0 Å². The average Bonchev–Trinajstić information content (AvgIpc) is 2.85. The second kappa shape index (κ2) is 6.55. The van der Waals surface area contributed by atoms with E-state index in [0.29, 0.717) is 0 Å². The van der Waals surface area contributed by atoms with Gasteiger partial charge in [0.15, 0.2) is 0 Å². The Bertz CT molecular complexity index is 273. The maximum absolute atomic E-state index is 4.01. The molecule has 0 bridgehead atoms. The molecule has 3 nitrogen and oxygen atoms in total. The average molecular weight is 265 g/mol. The molecule has 3 heteroatoms. The van der Waals surface area contributed by atoms with Crippen molar-refractivity contribution in [2.24, 2.45) is 0 Å². The van der Waals surface area contributed by atoms with Crippen LogP contribution in [0.25, 0.3) is 0 Å². The van der Waals surface area contributed by atoms with Crippen molar-refractivity contribution in [3.63, 3.8) is 0 Å². The molecule has 3 saturated heterocycles. The van der Waals surface area contributed by atoms with Gasteiger partial charge in [-0.05, 0) is 64.7 Å². The van der Waals surface area contributed by atoms with E-state index in [2.05, 4.69) is 22.0 Å². The van der Waals surface area contributed by atoms with E-state index in [9.17, 15) is 0 Å². The van der Waals surface area contributed by atoms with Crippen LogP contribution in [0.2, 0.25) is 0 Å². The third kappa shape index (κ3) is 3.32. The molecule has 0 aromatic rings. The lowest BCUT2D eigenvalue weighted by Crippen LogP contribution is -2.51. The van der Waals surface area contributed by atoms with E-state index >= 15 is 0 Å². The molecular formula is C16H31N3. The van der Waals surface area contributed by atoms with Crippen molar-refractivity contribution in [2.45, 2.75) is 70.0 Å². The Morgan fingerprint density at radius 3 is 2.58 bits per heavy atom. The fraction of sp³-hybridized carbons (Fsp3) is 1.00. The zero-order chi connectivity index (χ0) is 13.1. The highest BCUT2D eigenvalue weighted by Gasteiger charge is 2.36. The summed E-state index contributed by atoms with van der Waals surface area (Å²) in [5.74, 6) is 0. The molecule has 2 atom stereocenters. The summed E-state index contributed by atoms with van der Waals surface area (Å²) in [6, 6.07) is 2.45. The molecule has 1 N–H and O–H groups in total. The summed E-state index contributed by atoms with van der Waals surface area (Å²) in [6.45, 7) is 8.92. The van der Waals surface area contributed by atoms with Crippen LogP contribution in [-0.4, -0.2) is 60.6 Å². The number of hydrogen-bond donors (Lipinski definition) is 1. The van der Waals surface area contributed by atoms with Gasteiger partial charge < -0.3 is 10.2 Å². The highest BCUT2D eigenvalue weighted by molar-refractivity contribution is 4.95. The fourth-order valence-corrected chi connectivity index (χ4v) is 4.38. The van der Waals surface area contributed by atoms with Crippen LogP contribution in [-0.2, 0) is 0 Å². The molecule has 3 fully saturated rings. The summed E-state index contributed by atoms with van der Waals surface area (Å²) in [4.78, 5) is 5.38. The van der Waals surface area contributed by atoms with Crippen molar-refractivity contribution < 1.29 is 0 Å². The van der Waals surface area contributed by atoms with Crippen LogP contribution in [0.5, 0.6) is 0 Å². The molecule has 3 heterocycles. The van der Waals surface area contributed by atoms with Crippen LogP contribution >= 0.6 is 0 Å². The van der Waals surface area contributed by atoms with Crippen molar-refractivity contribution in [2.75, 3.05) is 32.7 Å². The van der Waals surface area contributed by atoms with Crippen molar-refractivity contribution in [3.05, 3.63) is 0 Å². The van der Waals surface area contributed by atoms with Gasteiger partial charge in [-0.15, -0.1) is 0 Å². The third-order valence-corrected chi connectivity index (χ3v) is 5.43. The lowest BCUT2D eigenvalue weighted by atomic mass is 9.96. The first-order chi connectivity index (χ1) is 9.36. The van der Waals surface area contributed by atoms with E-state index < -0.39 is 0 Å². The molecular weight excluding hydrogens is 234 g/mol. The molecule has 0 aromatic carbocycles. The molecule has 0 aliphatic carbocycles. The van der Waals surface area contributed by atoms with Gasteiger partial charge in [-0.25, -0.2) is 0 Å². The number of nitrogens with zero attached hydrogens (tertiary/aromatic N) is 2. The fourth-order valence-electron chi connectivity index (χ4n) is 4.38. The second-order valence-corrected chi connectivity index (χ2v) is 6.78. The van der Waals surface area contributed by atoms with E-state index in [0.717, 1.165) is 18.1 Å². The highest BCUT2D eigenvalue weighted by Crippen LogP contribution is 2.28. The predicted octanol–water partition coefficient (Wildman–Crippen LogP) is 2.08. The Balaban J connectivity index is 1.45. The number of fused-ring (bicyclic) bond motifs is 1. The second-order valence-electron chi connectivity index (χ2n) is 6.78. The zero-order valence-electron chi connectivity index (χ0n) is 12.6. The standard InChI is InChI=1S/C16H31N3/c1-2-9-18-11-6-14(7-12-18)17-15-8-13-19-10-4-3-5-16(15)19/h14-17H,2-13H2,1H3/t15-,16+/m0/s1. The van der Waals surface area contributed by atoms with Crippen molar-refractivity contribution in [1.29, 1.82) is 0 Å². The van der Waals surface area contributed by atoms with Gasteiger partial charge in [-0.2, -0.15) is 0 Å². The van der Waals surface area contributed by atoms with Crippen molar-refractivity contribution in [3.8, 4) is 0 Å². The normalized spacial score (nSPS) is 34.6.